The summed E-state index contributed by atoms with van der Waals surface area (Å²) in [6.07, 6.45) is 17.3. The van der Waals surface area contributed by atoms with Gasteiger partial charge in [-0.05, 0) is 59.2 Å². The number of nitrogens with zero attached hydrogens (tertiary/aromatic N) is 1. The molecule has 190 valence electrons. The van der Waals surface area contributed by atoms with Crippen molar-refractivity contribution in [1.29, 1.82) is 0 Å². The number of carbonyl (C=O) groups is 2. The summed E-state index contributed by atoms with van der Waals surface area (Å²) in [5.74, 6) is 0.0613. The van der Waals surface area contributed by atoms with E-state index in [4.69, 9.17) is 9.47 Å². The fraction of sp³-hybridized carbons (Fsp3) is 0.926. The molecule has 0 saturated heterocycles. The van der Waals surface area contributed by atoms with E-state index in [0.717, 1.165) is 32.2 Å². The van der Waals surface area contributed by atoms with E-state index in [1.165, 1.54) is 64.2 Å². The van der Waals surface area contributed by atoms with E-state index in [2.05, 4.69) is 18.7 Å². The molecule has 0 aromatic carbocycles. The summed E-state index contributed by atoms with van der Waals surface area (Å²) in [7, 11) is 4.05. The molecule has 0 aromatic heterocycles. The predicted octanol–water partition coefficient (Wildman–Crippen LogP) is 6.92. The molecular formula is C27H53NO4. The highest BCUT2D eigenvalue weighted by Crippen LogP contribution is 2.22. The Kier molecular flexibility index (Phi) is 21.0. The smallest absolute Gasteiger partial charge is 0.306 e. The molecule has 0 aliphatic heterocycles. The van der Waals surface area contributed by atoms with Crippen LogP contribution in [0.3, 0.4) is 0 Å². The normalized spacial score (nSPS) is 13.2. The molecule has 0 rings (SSSR count). The lowest BCUT2D eigenvalue weighted by Gasteiger charge is -2.18. The average Bonchev–Trinajstić information content (AvgIpc) is 2.74. The average molecular weight is 456 g/mol. The molecular weight excluding hydrogens is 402 g/mol. The van der Waals surface area contributed by atoms with Crippen molar-refractivity contribution >= 4 is 11.9 Å². The molecule has 0 fully saturated rings. The number of ether oxygens (including phenoxy) is 2. The van der Waals surface area contributed by atoms with Gasteiger partial charge >= 0.3 is 11.9 Å². The van der Waals surface area contributed by atoms with Gasteiger partial charge in [-0.15, -0.1) is 0 Å². The van der Waals surface area contributed by atoms with Crippen molar-refractivity contribution in [3.05, 3.63) is 0 Å². The molecule has 0 aliphatic carbocycles. The topological polar surface area (TPSA) is 55.8 Å². The number of rotatable bonds is 22. The van der Waals surface area contributed by atoms with Gasteiger partial charge in [0.2, 0.25) is 0 Å². The van der Waals surface area contributed by atoms with Crippen LogP contribution in [0.4, 0.5) is 0 Å². The van der Waals surface area contributed by atoms with E-state index in [0.29, 0.717) is 18.8 Å². The van der Waals surface area contributed by atoms with Gasteiger partial charge in [0.1, 0.15) is 12.7 Å². The molecule has 0 radical (unpaired) electrons. The first-order valence-corrected chi connectivity index (χ1v) is 13.4. The molecule has 5 heteroatoms. The monoisotopic (exact) mass is 455 g/mol. The zero-order valence-electron chi connectivity index (χ0n) is 22.0. The van der Waals surface area contributed by atoms with Crippen molar-refractivity contribution in [3.8, 4) is 0 Å². The molecule has 0 aromatic rings. The van der Waals surface area contributed by atoms with Crippen molar-refractivity contribution in [3.63, 3.8) is 0 Å². The highest BCUT2D eigenvalue weighted by molar-refractivity contribution is 5.70. The van der Waals surface area contributed by atoms with Crippen LogP contribution in [0, 0.1) is 5.92 Å². The van der Waals surface area contributed by atoms with Gasteiger partial charge in [-0.1, -0.05) is 78.1 Å². The highest BCUT2D eigenvalue weighted by atomic mass is 16.6. The fourth-order valence-corrected chi connectivity index (χ4v) is 3.94. The van der Waals surface area contributed by atoms with E-state index in [1.54, 1.807) is 6.92 Å². The third kappa shape index (κ3) is 20.8. The van der Waals surface area contributed by atoms with Gasteiger partial charge in [-0.3, -0.25) is 9.59 Å². The largest absolute Gasteiger partial charge is 0.462 e. The summed E-state index contributed by atoms with van der Waals surface area (Å²) in [5.41, 5.74) is 0. The van der Waals surface area contributed by atoms with Gasteiger partial charge < -0.3 is 14.4 Å². The molecule has 2 atom stereocenters. The zero-order chi connectivity index (χ0) is 24.0. The molecule has 32 heavy (non-hydrogen) atoms. The molecule has 2 unspecified atom stereocenters. The Hall–Kier alpha value is -1.10. The summed E-state index contributed by atoms with van der Waals surface area (Å²) in [4.78, 5) is 26.4. The zero-order valence-corrected chi connectivity index (χ0v) is 22.0. The standard InChI is InChI=1S/C27H53NO4/c1-6-8-10-11-12-13-15-19-25(18-14-9-7-2)22-27(30)31-23-24(3)32-26(29)20-16-17-21-28(4)5/h24-25H,6-23H2,1-5H3. The Balaban J connectivity index is 4.11. The lowest BCUT2D eigenvalue weighted by molar-refractivity contribution is -0.158. The second-order valence-electron chi connectivity index (χ2n) is 9.72. The van der Waals surface area contributed by atoms with Crippen LogP contribution in [0.25, 0.3) is 0 Å². The second-order valence-corrected chi connectivity index (χ2v) is 9.72. The van der Waals surface area contributed by atoms with Crippen LogP contribution in [0.15, 0.2) is 0 Å². The van der Waals surface area contributed by atoms with Gasteiger partial charge in [-0.2, -0.15) is 0 Å². The summed E-state index contributed by atoms with van der Waals surface area (Å²) in [6, 6.07) is 0. The van der Waals surface area contributed by atoms with E-state index < -0.39 is 0 Å². The number of carbonyl (C=O) groups excluding carboxylic acids is 2. The van der Waals surface area contributed by atoms with Gasteiger partial charge in [0, 0.05) is 12.8 Å². The molecule has 5 nitrogen and oxygen atoms in total. The molecule has 0 amide bonds. The Morgan fingerprint density at radius 1 is 0.750 bits per heavy atom. The minimum atomic E-state index is -0.387. The first-order chi connectivity index (χ1) is 15.4. The minimum Gasteiger partial charge on any atom is -0.462 e. The molecule has 0 saturated carbocycles. The van der Waals surface area contributed by atoms with E-state index in [1.807, 2.05) is 14.1 Å². The minimum absolute atomic E-state index is 0.150. The Labute approximate surface area is 199 Å². The van der Waals surface area contributed by atoms with Crippen LogP contribution in [0.2, 0.25) is 0 Å². The predicted molar refractivity (Wildman–Crippen MR) is 134 cm³/mol. The summed E-state index contributed by atoms with van der Waals surface area (Å²) >= 11 is 0. The third-order valence-electron chi connectivity index (χ3n) is 5.94. The summed E-state index contributed by atoms with van der Waals surface area (Å²) < 4.78 is 10.8. The van der Waals surface area contributed by atoms with Crippen molar-refractivity contribution in [2.45, 2.75) is 130 Å². The highest BCUT2D eigenvalue weighted by Gasteiger charge is 2.17. The van der Waals surface area contributed by atoms with Gasteiger partial charge in [-0.25, -0.2) is 0 Å². The molecule has 0 aliphatic rings. The van der Waals surface area contributed by atoms with Gasteiger partial charge in [0.05, 0.1) is 0 Å². The first kappa shape index (κ1) is 30.9. The maximum atomic E-state index is 12.4. The van der Waals surface area contributed by atoms with Crippen LogP contribution in [-0.2, 0) is 19.1 Å². The number of unbranched alkanes of at least 4 members (excludes halogenated alkanes) is 9. The molecule has 0 heterocycles. The van der Waals surface area contributed by atoms with Crippen LogP contribution in [0.5, 0.6) is 0 Å². The van der Waals surface area contributed by atoms with E-state index in [9.17, 15) is 9.59 Å². The van der Waals surface area contributed by atoms with E-state index in [-0.39, 0.29) is 24.6 Å². The SMILES string of the molecule is CCCCCCCCCC(CCCCC)CC(=O)OCC(C)OC(=O)CCCCN(C)C. The number of esters is 2. The Bertz CT molecular complexity index is 453. The Morgan fingerprint density at radius 3 is 1.94 bits per heavy atom. The van der Waals surface area contributed by atoms with Crippen LogP contribution in [-0.4, -0.2) is 50.2 Å². The lowest BCUT2D eigenvalue weighted by Crippen LogP contribution is -2.23. The number of hydrogen-bond acceptors (Lipinski definition) is 5. The molecule has 0 spiro atoms. The quantitative estimate of drug-likeness (QED) is 0.131. The van der Waals surface area contributed by atoms with Gasteiger partial charge in [0.25, 0.3) is 0 Å². The van der Waals surface area contributed by atoms with E-state index >= 15 is 0 Å². The molecule has 0 bridgehead atoms. The van der Waals surface area contributed by atoms with Crippen LogP contribution in [0.1, 0.15) is 124 Å². The lowest BCUT2D eigenvalue weighted by atomic mass is 9.92. The summed E-state index contributed by atoms with van der Waals surface area (Å²) in [5, 5.41) is 0. The second kappa shape index (κ2) is 21.7. The van der Waals surface area contributed by atoms with Crippen LogP contribution >= 0.6 is 0 Å². The Morgan fingerprint density at radius 2 is 1.31 bits per heavy atom. The maximum absolute atomic E-state index is 12.4. The number of hydrogen-bond donors (Lipinski definition) is 0. The van der Waals surface area contributed by atoms with Gasteiger partial charge in [0.15, 0.2) is 0 Å². The van der Waals surface area contributed by atoms with Crippen molar-refractivity contribution in [1.82, 2.24) is 4.90 Å². The van der Waals surface area contributed by atoms with Crippen LogP contribution < -0.4 is 0 Å². The summed E-state index contributed by atoms with van der Waals surface area (Å²) in [6.45, 7) is 7.38. The first-order valence-electron chi connectivity index (χ1n) is 13.4. The maximum Gasteiger partial charge on any atom is 0.306 e. The van der Waals surface area contributed by atoms with Crippen molar-refractivity contribution < 1.29 is 19.1 Å². The third-order valence-corrected chi connectivity index (χ3v) is 5.94. The van der Waals surface area contributed by atoms with Crippen molar-refractivity contribution in [2.24, 2.45) is 5.92 Å². The fourth-order valence-electron chi connectivity index (χ4n) is 3.94. The van der Waals surface area contributed by atoms with Crippen molar-refractivity contribution in [2.75, 3.05) is 27.2 Å². The molecule has 0 N–H and O–H groups in total.